The highest BCUT2D eigenvalue weighted by molar-refractivity contribution is 7.91. The van der Waals surface area contributed by atoms with Gasteiger partial charge in [0.05, 0.1) is 17.3 Å². The Hall–Kier alpha value is -3.93. The molecule has 0 bridgehead atoms. The summed E-state index contributed by atoms with van der Waals surface area (Å²) in [6, 6.07) is 29.6. The summed E-state index contributed by atoms with van der Waals surface area (Å²) < 4.78 is 39.1. The number of hydrogen-bond acceptors (Lipinski definition) is 8. The summed E-state index contributed by atoms with van der Waals surface area (Å²) in [5.41, 5.74) is 6.07. The van der Waals surface area contributed by atoms with Crippen LogP contribution in [0.4, 0.5) is 0 Å². The summed E-state index contributed by atoms with van der Waals surface area (Å²) in [5.74, 6) is -0.254. The van der Waals surface area contributed by atoms with E-state index >= 15 is 0 Å². The Morgan fingerprint density at radius 3 is 2.34 bits per heavy atom. The van der Waals surface area contributed by atoms with Crippen molar-refractivity contribution >= 4 is 44.8 Å². The van der Waals surface area contributed by atoms with Crippen molar-refractivity contribution < 1.29 is 27.8 Å². The fourth-order valence-electron chi connectivity index (χ4n) is 5.20. The lowest BCUT2D eigenvalue weighted by atomic mass is 9.85. The fourth-order valence-corrected chi connectivity index (χ4v) is 7.09. The van der Waals surface area contributed by atoms with Crippen LogP contribution in [-0.4, -0.2) is 56.4 Å². The third-order valence-electron chi connectivity index (χ3n) is 7.71. The van der Waals surface area contributed by atoms with Gasteiger partial charge in [-0.2, -0.15) is 0 Å². The lowest BCUT2D eigenvalue weighted by Crippen LogP contribution is -2.53. The highest BCUT2D eigenvalue weighted by atomic mass is 35.5. The van der Waals surface area contributed by atoms with E-state index < -0.39 is 33.1 Å². The molecule has 1 heterocycles. The third kappa shape index (κ3) is 8.51. The molecule has 4 aromatic rings. The van der Waals surface area contributed by atoms with Crippen LogP contribution in [0.15, 0.2) is 113 Å². The van der Waals surface area contributed by atoms with Crippen LogP contribution < -0.4 is 15.6 Å². The molecular formula is C35H35Cl2N3O6S. The predicted octanol–water partition coefficient (Wildman–Crippen LogP) is 5.74. The molecule has 0 fully saturated rings. The molecule has 4 aromatic carbocycles. The Kier molecular flexibility index (Phi) is 11.5. The molecule has 0 saturated carbocycles. The number of benzene rings is 4. The SMILES string of the molecule is O=C(NNCCc1ccccc1)[C@@]1(CCS(=O)(=O)c2ccccc2)N=C(c2ccc(OCCCO)cc2)O[C@H]1c1ccc(Cl)cc1Cl. The van der Waals surface area contributed by atoms with Gasteiger partial charge in [-0.05, 0) is 60.5 Å². The van der Waals surface area contributed by atoms with Gasteiger partial charge < -0.3 is 14.6 Å². The van der Waals surface area contributed by atoms with Crippen LogP contribution in [0.2, 0.25) is 10.0 Å². The predicted molar refractivity (Wildman–Crippen MR) is 183 cm³/mol. The average Bonchev–Trinajstić information content (AvgIpc) is 3.47. The van der Waals surface area contributed by atoms with Crippen molar-refractivity contribution in [3.8, 4) is 5.75 Å². The molecule has 47 heavy (non-hydrogen) atoms. The van der Waals surface area contributed by atoms with Crippen molar-refractivity contribution in [2.75, 3.05) is 25.5 Å². The van der Waals surface area contributed by atoms with Crippen LogP contribution in [0, 0.1) is 0 Å². The molecule has 0 saturated heterocycles. The Balaban J connectivity index is 1.51. The Morgan fingerprint density at radius 2 is 1.66 bits per heavy atom. The van der Waals surface area contributed by atoms with Gasteiger partial charge >= 0.3 is 0 Å². The molecule has 0 unspecified atom stereocenters. The number of amides is 1. The summed E-state index contributed by atoms with van der Waals surface area (Å²) in [7, 11) is -3.82. The van der Waals surface area contributed by atoms with Gasteiger partial charge in [0.1, 0.15) is 5.75 Å². The first-order chi connectivity index (χ1) is 22.7. The number of ether oxygens (including phenoxy) is 2. The minimum absolute atomic E-state index is 0.0165. The number of hydrogen-bond donors (Lipinski definition) is 3. The molecule has 246 valence electrons. The number of carbonyl (C=O) groups is 1. The van der Waals surface area contributed by atoms with Gasteiger partial charge in [-0.1, -0.05) is 77.8 Å². The van der Waals surface area contributed by atoms with E-state index in [1.54, 1.807) is 60.7 Å². The number of hydrazine groups is 1. The number of aliphatic imine (C=N–C) groups is 1. The van der Waals surface area contributed by atoms with Crippen LogP contribution >= 0.6 is 23.2 Å². The third-order valence-corrected chi connectivity index (χ3v) is 10.0. The standard InChI is InChI=1S/C35H35Cl2N3O6S/c36-27-14-17-30(31(37)24-27)32-35(19-23-47(43,44)29-10-5-2-6-11-29,34(42)40-38-20-18-25-8-3-1-4-9-25)39-33(46-32)26-12-15-28(16-13-26)45-22-7-21-41/h1-6,8-17,24,32,38,41H,7,18-23H2,(H,40,42)/t32-,35-/m0/s1. The largest absolute Gasteiger partial charge is 0.494 e. The van der Waals surface area contributed by atoms with Crippen molar-refractivity contribution in [3.63, 3.8) is 0 Å². The zero-order valence-electron chi connectivity index (χ0n) is 25.4. The van der Waals surface area contributed by atoms with Gasteiger partial charge in [0, 0.05) is 47.2 Å². The first-order valence-corrected chi connectivity index (χ1v) is 17.5. The van der Waals surface area contributed by atoms with Gasteiger partial charge in [-0.3, -0.25) is 10.2 Å². The molecule has 1 amide bonds. The zero-order valence-corrected chi connectivity index (χ0v) is 27.8. The average molecular weight is 697 g/mol. The van der Waals surface area contributed by atoms with E-state index in [1.807, 2.05) is 30.3 Å². The molecule has 1 aliphatic heterocycles. The van der Waals surface area contributed by atoms with Crippen molar-refractivity contribution in [1.82, 2.24) is 10.9 Å². The summed E-state index contributed by atoms with van der Waals surface area (Å²) in [5, 5.41) is 9.68. The second-order valence-electron chi connectivity index (χ2n) is 11.0. The number of sulfone groups is 1. The van der Waals surface area contributed by atoms with Gasteiger partial charge in [-0.25, -0.2) is 18.8 Å². The van der Waals surface area contributed by atoms with E-state index in [0.717, 1.165) is 5.56 Å². The second kappa shape index (κ2) is 15.8. The molecule has 3 N–H and O–H groups in total. The molecule has 0 aliphatic carbocycles. The van der Waals surface area contributed by atoms with Crippen molar-refractivity contribution in [2.24, 2.45) is 4.99 Å². The molecule has 1 aliphatic rings. The second-order valence-corrected chi connectivity index (χ2v) is 13.9. The quantitative estimate of drug-likeness (QED) is 0.107. The highest BCUT2D eigenvalue weighted by Gasteiger charge is 2.54. The lowest BCUT2D eigenvalue weighted by molar-refractivity contribution is -0.130. The van der Waals surface area contributed by atoms with Crippen LogP contribution in [0.5, 0.6) is 5.75 Å². The van der Waals surface area contributed by atoms with E-state index in [9.17, 15) is 13.2 Å². The van der Waals surface area contributed by atoms with Crippen molar-refractivity contribution in [2.45, 2.75) is 35.8 Å². The number of nitrogens with zero attached hydrogens (tertiary/aromatic N) is 1. The topological polar surface area (TPSA) is 126 Å². The highest BCUT2D eigenvalue weighted by Crippen LogP contribution is 2.45. The maximum atomic E-state index is 14.3. The number of carbonyl (C=O) groups excluding carboxylic acids is 1. The van der Waals surface area contributed by atoms with E-state index in [-0.39, 0.29) is 28.8 Å². The van der Waals surface area contributed by atoms with Crippen molar-refractivity contribution in [1.29, 1.82) is 0 Å². The summed E-state index contributed by atoms with van der Waals surface area (Å²) in [4.78, 5) is 19.3. The van der Waals surface area contributed by atoms with Gasteiger partial charge in [0.2, 0.25) is 5.90 Å². The number of nitrogens with one attached hydrogen (secondary N) is 2. The molecule has 9 nitrogen and oxygen atoms in total. The maximum absolute atomic E-state index is 14.3. The minimum atomic E-state index is -3.82. The Bertz CT molecular complexity index is 1790. The Morgan fingerprint density at radius 1 is 0.957 bits per heavy atom. The van der Waals surface area contributed by atoms with E-state index in [2.05, 4.69) is 10.9 Å². The van der Waals surface area contributed by atoms with Gasteiger partial charge in [0.25, 0.3) is 5.91 Å². The fraction of sp³-hybridized carbons (Fsp3) is 0.257. The smallest absolute Gasteiger partial charge is 0.266 e. The number of halogens is 2. The molecule has 0 aromatic heterocycles. The lowest BCUT2D eigenvalue weighted by Gasteiger charge is -2.31. The van der Waals surface area contributed by atoms with E-state index in [0.29, 0.717) is 47.9 Å². The van der Waals surface area contributed by atoms with Crippen LogP contribution in [-0.2, 0) is 25.8 Å². The molecular weight excluding hydrogens is 661 g/mol. The minimum Gasteiger partial charge on any atom is -0.494 e. The van der Waals surface area contributed by atoms with Gasteiger partial charge in [0.15, 0.2) is 21.5 Å². The number of rotatable bonds is 15. The number of aliphatic hydroxyl groups excluding tert-OH is 1. The van der Waals surface area contributed by atoms with Crippen molar-refractivity contribution in [3.05, 3.63) is 130 Å². The van der Waals surface area contributed by atoms with E-state index in [1.165, 1.54) is 12.1 Å². The maximum Gasteiger partial charge on any atom is 0.266 e. The normalized spacial score (nSPS) is 17.5. The summed E-state index contributed by atoms with van der Waals surface area (Å²) in [6.07, 6.45) is -0.180. The van der Waals surface area contributed by atoms with Crippen LogP contribution in [0.3, 0.4) is 0 Å². The molecule has 0 radical (unpaired) electrons. The van der Waals surface area contributed by atoms with E-state index in [4.69, 9.17) is 42.8 Å². The zero-order chi connectivity index (χ0) is 33.3. The molecule has 5 rings (SSSR count). The first-order valence-electron chi connectivity index (χ1n) is 15.1. The first kappa shape index (κ1) is 34.4. The summed E-state index contributed by atoms with van der Waals surface area (Å²) in [6.45, 7) is 0.777. The molecule has 0 spiro atoms. The number of aliphatic hydroxyl groups is 1. The summed E-state index contributed by atoms with van der Waals surface area (Å²) >= 11 is 12.9. The molecule has 2 atom stereocenters. The van der Waals surface area contributed by atoms with Gasteiger partial charge in [-0.15, -0.1) is 0 Å². The monoisotopic (exact) mass is 695 g/mol. The van der Waals surface area contributed by atoms with Crippen LogP contribution in [0.1, 0.15) is 35.6 Å². The molecule has 12 heteroatoms. The Labute approximate surface area is 284 Å². The van der Waals surface area contributed by atoms with Crippen LogP contribution in [0.25, 0.3) is 0 Å².